The van der Waals surface area contributed by atoms with Gasteiger partial charge in [-0.3, -0.25) is 4.90 Å². The third-order valence-electron chi connectivity index (χ3n) is 9.54. The highest BCUT2D eigenvalue weighted by molar-refractivity contribution is 6.35. The van der Waals surface area contributed by atoms with Crippen LogP contribution in [-0.4, -0.2) is 65.8 Å². The van der Waals surface area contributed by atoms with E-state index in [4.69, 9.17) is 31.0 Å². The number of nitriles is 1. The van der Waals surface area contributed by atoms with E-state index in [9.17, 15) is 5.26 Å². The zero-order valence-electron chi connectivity index (χ0n) is 23.6. The summed E-state index contributed by atoms with van der Waals surface area (Å²) in [6.07, 6.45) is 5.47. The molecule has 9 heteroatoms. The maximum absolute atomic E-state index is 9.35. The fourth-order valence-electron chi connectivity index (χ4n) is 7.60. The number of hydrogen-bond acceptors (Lipinski definition) is 8. The standard InChI is InChI=1S/C32H37ClN6O2/c1-21-28-26(18-27(41-21)24-8-2-6-22-7-3-9-25(33)29(22)24)36-31(40-20-32-11-4-15-39(32)16-5-12-32)37-30(28)38-17-14-35-23(19-38)10-13-34/h2-3,6-9,21,23,27,35H,4-5,10-12,14-20H2,1H3/t21?,23-,27?/m0/s1. The summed E-state index contributed by atoms with van der Waals surface area (Å²) in [5.41, 5.74) is 3.20. The van der Waals surface area contributed by atoms with Gasteiger partial charge in [-0.25, -0.2) is 0 Å². The van der Waals surface area contributed by atoms with Crippen LogP contribution in [0.15, 0.2) is 36.4 Å². The van der Waals surface area contributed by atoms with Crippen LogP contribution in [0.1, 0.15) is 68.1 Å². The maximum atomic E-state index is 9.35. The van der Waals surface area contributed by atoms with Crippen molar-refractivity contribution in [2.75, 3.05) is 44.2 Å². The molecule has 3 saturated heterocycles. The zero-order chi connectivity index (χ0) is 28.0. The van der Waals surface area contributed by atoms with E-state index >= 15 is 0 Å². The lowest BCUT2D eigenvalue weighted by atomic mass is 9.92. The second kappa shape index (κ2) is 11.0. The molecular formula is C32H37ClN6O2. The SMILES string of the molecule is CC1OC(c2cccc3cccc(Cl)c23)Cc2nc(OCC34CCCN3CCC4)nc(N3CCN[C@@H](CC#N)C3)c21. The molecule has 2 aromatic carbocycles. The minimum atomic E-state index is -0.214. The average Bonchev–Trinajstić information content (AvgIpc) is 3.56. The Hall–Kier alpha value is -2.96. The number of ether oxygens (including phenoxy) is 2. The van der Waals surface area contributed by atoms with E-state index in [1.165, 1.54) is 25.7 Å². The van der Waals surface area contributed by atoms with Gasteiger partial charge < -0.3 is 19.7 Å². The number of halogens is 1. The molecule has 2 unspecified atom stereocenters. The number of fused-ring (bicyclic) bond motifs is 3. The van der Waals surface area contributed by atoms with Crippen molar-refractivity contribution < 1.29 is 9.47 Å². The molecule has 0 saturated carbocycles. The first kappa shape index (κ1) is 26.9. The Bertz CT molecular complexity index is 1480. The Morgan fingerprint density at radius 2 is 1.95 bits per heavy atom. The summed E-state index contributed by atoms with van der Waals surface area (Å²) in [6, 6.07) is 15.2. The molecule has 41 heavy (non-hydrogen) atoms. The van der Waals surface area contributed by atoms with E-state index < -0.39 is 0 Å². The summed E-state index contributed by atoms with van der Waals surface area (Å²) in [7, 11) is 0. The molecule has 0 radical (unpaired) electrons. The van der Waals surface area contributed by atoms with E-state index in [0.717, 1.165) is 64.6 Å². The van der Waals surface area contributed by atoms with Gasteiger partial charge >= 0.3 is 6.01 Å². The number of anilines is 1. The molecule has 4 aliphatic heterocycles. The monoisotopic (exact) mass is 572 g/mol. The van der Waals surface area contributed by atoms with Crippen molar-refractivity contribution in [2.24, 2.45) is 0 Å². The molecule has 0 amide bonds. The summed E-state index contributed by atoms with van der Waals surface area (Å²) in [5.74, 6) is 0.878. The van der Waals surface area contributed by atoms with Crippen molar-refractivity contribution in [3.63, 3.8) is 0 Å². The van der Waals surface area contributed by atoms with Gasteiger partial charge in [-0.2, -0.15) is 15.2 Å². The topological polar surface area (TPSA) is 86.5 Å². The van der Waals surface area contributed by atoms with Crippen LogP contribution in [0.2, 0.25) is 5.02 Å². The number of nitrogens with one attached hydrogen (secondary N) is 1. The van der Waals surface area contributed by atoms with Gasteiger partial charge in [-0.1, -0.05) is 41.9 Å². The molecule has 3 aromatic rings. The van der Waals surface area contributed by atoms with E-state index in [1.54, 1.807) is 0 Å². The Balaban J connectivity index is 1.26. The molecule has 3 atom stereocenters. The highest BCUT2D eigenvalue weighted by Crippen LogP contribution is 2.44. The minimum absolute atomic E-state index is 0.0959. The van der Waals surface area contributed by atoms with Crippen LogP contribution in [-0.2, 0) is 11.2 Å². The Morgan fingerprint density at radius 3 is 2.76 bits per heavy atom. The molecule has 8 nitrogen and oxygen atoms in total. The quantitative estimate of drug-likeness (QED) is 0.423. The third-order valence-corrected chi connectivity index (χ3v) is 9.86. The molecule has 5 heterocycles. The normalized spacial score (nSPS) is 25.6. The first-order chi connectivity index (χ1) is 20.0. The van der Waals surface area contributed by atoms with Gasteiger partial charge in [0.2, 0.25) is 0 Å². The van der Waals surface area contributed by atoms with Gasteiger partial charge in [0.15, 0.2) is 0 Å². The molecule has 214 valence electrons. The smallest absolute Gasteiger partial charge is 0.318 e. The summed E-state index contributed by atoms with van der Waals surface area (Å²) >= 11 is 6.72. The molecule has 4 aliphatic rings. The number of nitrogens with zero attached hydrogens (tertiary/aromatic N) is 5. The minimum Gasteiger partial charge on any atom is -0.461 e. The highest BCUT2D eigenvalue weighted by atomic mass is 35.5. The Kier molecular flexibility index (Phi) is 7.24. The molecular weight excluding hydrogens is 536 g/mol. The Morgan fingerprint density at radius 1 is 1.15 bits per heavy atom. The largest absolute Gasteiger partial charge is 0.461 e. The molecule has 3 fully saturated rings. The summed E-state index contributed by atoms with van der Waals surface area (Å²) < 4.78 is 13.2. The second-order valence-electron chi connectivity index (χ2n) is 12.0. The van der Waals surface area contributed by atoms with Gasteiger partial charge in [0.25, 0.3) is 0 Å². The lowest BCUT2D eigenvalue weighted by molar-refractivity contribution is -0.0180. The number of rotatable bonds is 6. The van der Waals surface area contributed by atoms with Gasteiger partial charge in [0.05, 0.1) is 35.9 Å². The number of aromatic nitrogens is 2. The number of piperazine rings is 1. The van der Waals surface area contributed by atoms with Crippen LogP contribution >= 0.6 is 11.6 Å². The molecule has 1 N–H and O–H groups in total. The predicted molar refractivity (Wildman–Crippen MR) is 159 cm³/mol. The van der Waals surface area contributed by atoms with Crippen LogP contribution in [0.5, 0.6) is 6.01 Å². The average molecular weight is 573 g/mol. The van der Waals surface area contributed by atoms with Crippen LogP contribution in [0.25, 0.3) is 10.8 Å². The van der Waals surface area contributed by atoms with Crippen molar-refractivity contribution in [3.8, 4) is 12.1 Å². The van der Waals surface area contributed by atoms with Gasteiger partial charge in [0, 0.05) is 48.1 Å². The van der Waals surface area contributed by atoms with Crippen molar-refractivity contribution in [1.82, 2.24) is 20.2 Å². The molecule has 0 aliphatic carbocycles. The van der Waals surface area contributed by atoms with Crippen molar-refractivity contribution in [2.45, 2.75) is 69.2 Å². The predicted octanol–water partition coefficient (Wildman–Crippen LogP) is 5.36. The lowest BCUT2D eigenvalue weighted by Gasteiger charge is -2.38. The molecule has 0 bridgehead atoms. The first-order valence-corrected chi connectivity index (χ1v) is 15.4. The van der Waals surface area contributed by atoms with Crippen LogP contribution in [0, 0.1) is 11.3 Å². The third kappa shape index (κ3) is 4.93. The van der Waals surface area contributed by atoms with Crippen LogP contribution in [0.3, 0.4) is 0 Å². The van der Waals surface area contributed by atoms with E-state index in [2.05, 4.69) is 52.4 Å². The number of hydrogen-bond donors (Lipinski definition) is 1. The highest BCUT2D eigenvalue weighted by Gasteiger charge is 2.45. The summed E-state index contributed by atoms with van der Waals surface area (Å²) in [6.45, 7) is 7.34. The van der Waals surface area contributed by atoms with Crippen molar-refractivity contribution in [3.05, 3.63) is 58.2 Å². The van der Waals surface area contributed by atoms with Gasteiger partial charge in [-0.15, -0.1) is 0 Å². The Labute approximate surface area is 246 Å². The van der Waals surface area contributed by atoms with Crippen LogP contribution in [0.4, 0.5) is 5.82 Å². The molecule has 1 aromatic heterocycles. The fraction of sp³-hybridized carbons (Fsp3) is 0.531. The lowest BCUT2D eigenvalue weighted by Crippen LogP contribution is -2.51. The van der Waals surface area contributed by atoms with Gasteiger partial charge in [-0.05, 0) is 62.7 Å². The second-order valence-corrected chi connectivity index (χ2v) is 12.4. The fourth-order valence-corrected chi connectivity index (χ4v) is 7.89. The van der Waals surface area contributed by atoms with E-state index in [-0.39, 0.29) is 23.8 Å². The van der Waals surface area contributed by atoms with Gasteiger partial charge in [0.1, 0.15) is 12.4 Å². The summed E-state index contributed by atoms with van der Waals surface area (Å²) in [4.78, 5) is 15.0. The van der Waals surface area contributed by atoms with E-state index in [1.807, 2.05) is 12.1 Å². The number of benzene rings is 2. The zero-order valence-corrected chi connectivity index (χ0v) is 24.4. The summed E-state index contributed by atoms with van der Waals surface area (Å²) in [5, 5.41) is 15.7. The molecule has 7 rings (SSSR count). The van der Waals surface area contributed by atoms with Crippen LogP contribution < -0.4 is 15.0 Å². The maximum Gasteiger partial charge on any atom is 0.318 e. The van der Waals surface area contributed by atoms with E-state index in [0.29, 0.717) is 32.0 Å². The van der Waals surface area contributed by atoms with Crippen molar-refractivity contribution >= 4 is 28.2 Å². The first-order valence-electron chi connectivity index (χ1n) is 15.0. The molecule has 0 spiro atoms. The van der Waals surface area contributed by atoms with Crippen molar-refractivity contribution in [1.29, 1.82) is 5.26 Å².